The maximum atomic E-state index is 12.9. The minimum Gasteiger partial charge on any atom is -0.455 e. The zero-order valence-corrected chi connectivity index (χ0v) is 15.8. The molecule has 0 aromatic carbocycles. The molecule has 2 aromatic heterocycles. The fraction of sp³-hybridized carbons (Fsp3) is 0.524. The second-order valence-electron chi connectivity index (χ2n) is 7.53. The number of aromatic nitrogens is 1. The van der Waals surface area contributed by atoms with Crippen LogP contribution in [0.3, 0.4) is 0 Å². The Balaban J connectivity index is 1.32. The minimum absolute atomic E-state index is 0.0194. The van der Waals surface area contributed by atoms with E-state index in [4.69, 9.17) is 4.42 Å². The Morgan fingerprint density at radius 2 is 1.74 bits per heavy atom. The second kappa shape index (κ2) is 8.67. The van der Waals surface area contributed by atoms with Crippen LogP contribution in [0.5, 0.6) is 0 Å². The first-order valence-corrected chi connectivity index (χ1v) is 9.99. The zero-order valence-electron chi connectivity index (χ0n) is 15.8. The summed E-state index contributed by atoms with van der Waals surface area (Å²) in [6.07, 6.45) is 7.21. The third kappa shape index (κ3) is 4.76. The lowest BCUT2D eigenvalue weighted by Gasteiger charge is -2.21. The molecule has 0 bridgehead atoms. The molecule has 6 heteroatoms. The van der Waals surface area contributed by atoms with E-state index in [1.54, 1.807) is 6.20 Å². The highest BCUT2D eigenvalue weighted by Crippen LogP contribution is 2.17. The molecule has 27 heavy (non-hydrogen) atoms. The standard InChI is InChI=1S/C21H28N4O2/c26-21(20-7-6-19(27-20)17-23-9-1-2-10-23)25-12-4-11-24(13-14-25)16-18-5-3-8-22-15-18/h3,5-8,15H,1-2,4,9-14,16-17H2. The summed E-state index contributed by atoms with van der Waals surface area (Å²) in [5.41, 5.74) is 1.22. The highest BCUT2D eigenvalue weighted by molar-refractivity contribution is 5.91. The normalized spacial score (nSPS) is 19.3. The van der Waals surface area contributed by atoms with Crippen LogP contribution in [0, 0.1) is 0 Å². The molecule has 2 saturated heterocycles. The molecule has 2 aromatic rings. The monoisotopic (exact) mass is 368 g/mol. The van der Waals surface area contributed by atoms with Crippen LogP contribution >= 0.6 is 0 Å². The van der Waals surface area contributed by atoms with Crippen molar-refractivity contribution in [2.75, 3.05) is 39.3 Å². The van der Waals surface area contributed by atoms with Gasteiger partial charge in [0.05, 0.1) is 6.54 Å². The molecule has 0 N–H and O–H groups in total. The number of nitrogens with zero attached hydrogens (tertiary/aromatic N) is 4. The van der Waals surface area contributed by atoms with Gasteiger partial charge in [0.2, 0.25) is 0 Å². The molecule has 0 aliphatic carbocycles. The van der Waals surface area contributed by atoms with Crippen molar-refractivity contribution >= 4 is 5.91 Å². The van der Waals surface area contributed by atoms with E-state index < -0.39 is 0 Å². The number of rotatable bonds is 5. The molecule has 6 nitrogen and oxygen atoms in total. The van der Waals surface area contributed by atoms with Gasteiger partial charge in [0.15, 0.2) is 5.76 Å². The summed E-state index contributed by atoms with van der Waals surface area (Å²) >= 11 is 0. The fourth-order valence-electron chi connectivity index (χ4n) is 3.98. The van der Waals surface area contributed by atoms with Crippen LogP contribution in [-0.2, 0) is 13.1 Å². The summed E-state index contributed by atoms with van der Waals surface area (Å²) < 4.78 is 5.87. The van der Waals surface area contributed by atoms with E-state index in [1.807, 2.05) is 29.3 Å². The first-order valence-electron chi connectivity index (χ1n) is 9.99. The van der Waals surface area contributed by atoms with E-state index in [-0.39, 0.29) is 5.91 Å². The lowest BCUT2D eigenvalue weighted by Crippen LogP contribution is -2.34. The third-order valence-electron chi connectivity index (χ3n) is 5.46. The van der Waals surface area contributed by atoms with Gasteiger partial charge < -0.3 is 9.32 Å². The highest BCUT2D eigenvalue weighted by Gasteiger charge is 2.23. The van der Waals surface area contributed by atoms with Gasteiger partial charge in [-0.05, 0) is 56.1 Å². The molecule has 2 fully saturated rings. The van der Waals surface area contributed by atoms with Gasteiger partial charge in [-0.1, -0.05) is 6.07 Å². The number of pyridine rings is 1. The molecule has 0 atom stereocenters. The highest BCUT2D eigenvalue weighted by atomic mass is 16.4. The van der Waals surface area contributed by atoms with Crippen molar-refractivity contribution in [2.24, 2.45) is 0 Å². The van der Waals surface area contributed by atoms with Gasteiger partial charge in [0.1, 0.15) is 5.76 Å². The van der Waals surface area contributed by atoms with Crippen LogP contribution in [-0.4, -0.2) is 64.9 Å². The van der Waals surface area contributed by atoms with E-state index in [0.29, 0.717) is 5.76 Å². The summed E-state index contributed by atoms with van der Waals surface area (Å²) in [5.74, 6) is 1.39. The van der Waals surface area contributed by atoms with Gasteiger partial charge >= 0.3 is 0 Å². The molecule has 4 rings (SSSR count). The molecule has 4 heterocycles. The number of amides is 1. The molecule has 144 valence electrons. The zero-order chi connectivity index (χ0) is 18.5. The van der Waals surface area contributed by atoms with Crippen LogP contribution in [0.4, 0.5) is 0 Å². The SMILES string of the molecule is O=C(c1ccc(CN2CCCC2)o1)N1CCCN(Cc2cccnc2)CC1. The maximum absolute atomic E-state index is 12.9. The van der Waals surface area contributed by atoms with Crippen molar-refractivity contribution in [2.45, 2.75) is 32.4 Å². The van der Waals surface area contributed by atoms with E-state index in [0.717, 1.165) is 64.5 Å². The summed E-state index contributed by atoms with van der Waals surface area (Å²) in [4.78, 5) is 23.8. The Morgan fingerprint density at radius 1 is 0.926 bits per heavy atom. The van der Waals surface area contributed by atoms with Crippen LogP contribution in [0.25, 0.3) is 0 Å². The van der Waals surface area contributed by atoms with Gasteiger partial charge in [0, 0.05) is 45.1 Å². The van der Waals surface area contributed by atoms with Crippen LogP contribution < -0.4 is 0 Å². The van der Waals surface area contributed by atoms with Crippen LogP contribution in [0.15, 0.2) is 41.1 Å². The predicted octanol–water partition coefficient (Wildman–Crippen LogP) is 2.62. The third-order valence-corrected chi connectivity index (χ3v) is 5.46. The van der Waals surface area contributed by atoms with Crippen molar-refractivity contribution in [3.8, 4) is 0 Å². The topological polar surface area (TPSA) is 52.8 Å². The summed E-state index contributed by atoms with van der Waals surface area (Å²) in [5, 5.41) is 0. The van der Waals surface area contributed by atoms with E-state index in [9.17, 15) is 4.79 Å². The second-order valence-corrected chi connectivity index (χ2v) is 7.53. The first-order chi connectivity index (χ1) is 13.3. The smallest absolute Gasteiger partial charge is 0.289 e. The summed E-state index contributed by atoms with van der Waals surface area (Å²) in [7, 11) is 0. The van der Waals surface area contributed by atoms with E-state index >= 15 is 0 Å². The number of furan rings is 1. The number of hydrogen-bond donors (Lipinski definition) is 0. The maximum Gasteiger partial charge on any atom is 0.289 e. The van der Waals surface area contributed by atoms with Crippen molar-refractivity contribution in [3.05, 3.63) is 53.7 Å². The van der Waals surface area contributed by atoms with Crippen molar-refractivity contribution in [3.63, 3.8) is 0 Å². The Bertz CT molecular complexity index is 740. The molecule has 0 saturated carbocycles. The molecule has 0 unspecified atom stereocenters. The lowest BCUT2D eigenvalue weighted by molar-refractivity contribution is 0.0725. The summed E-state index contributed by atoms with van der Waals surface area (Å²) in [6.45, 7) is 7.35. The largest absolute Gasteiger partial charge is 0.455 e. The molecule has 2 aliphatic heterocycles. The lowest BCUT2D eigenvalue weighted by atomic mass is 10.2. The van der Waals surface area contributed by atoms with Gasteiger partial charge in [-0.2, -0.15) is 0 Å². The number of likely N-dealkylation sites (tertiary alicyclic amines) is 1. The van der Waals surface area contributed by atoms with Gasteiger partial charge in [-0.15, -0.1) is 0 Å². The van der Waals surface area contributed by atoms with E-state index in [2.05, 4.69) is 20.9 Å². The molecule has 2 aliphatic rings. The molecular weight excluding hydrogens is 340 g/mol. The average Bonchev–Trinajstić information content (AvgIpc) is 3.32. The van der Waals surface area contributed by atoms with E-state index in [1.165, 1.54) is 18.4 Å². The quantitative estimate of drug-likeness (QED) is 0.812. The Morgan fingerprint density at radius 3 is 2.56 bits per heavy atom. The molecular formula is C21H28N4O2. The molecule has 0 radical (unpaired) electrons. The van der Waals surface area contributed by atoms with Gasteiger partial charge in [-0.3, -0.25) is 19.6 Å². The average molecular weight is 368 g/mol. The molecule has 0 spiro atoms. The number of carbonyl (C=O) groups excluding carboxylic acids is 1. The predicted molar refractivity (Wildman–Crippen MR) is 103 cm³/mol. The van der Waals surface area contributed by atoms with Gasteiger partial charge in [-0.25, -0.2) is 0 Å². The van der Waals surface area contributed by atoms with Crippen molar-refractivity contribution < 1.29 is 9.21 Å². The number of carbonyl (C=O) groups is 1. The Hall–Kier alpha value is -2.18. The van der Waals surface area contributed by atoms with Crippen molar-refractivity contribution in [1.82, 2.24) is 19.7 Å². The van der Waals surface area contributed by atoms with Gasteiger partial charge in [0.25, 0.3) is 5.91 Å². The minimum atomic E-state index is 0.0194. The summed E-state index contributed by atoms with van der Waals surface area (Å²) in [6, 6.07) is 7.87. The van der Waals surface area contributed by atoms with Crippen LogP contribution in [0.2, 0.25) is 0 Å². The van der Waals surface area contributed by atoms with Crippen LogP contribution in [0.1, 0.15) is 41.1 Å². The number of hydrogen-bond acceptors (Lipinski definition) is 5. The molecule has 1 amide bonds. The first kappa shape index (κ1) is 18.2. The van der Waals surface area contributed by atoms with Crippen molar-refractivity contribution in [1.29, 1.82) is 0 Å². The Kier molecular flexibility index (Phi) is 5.84. The fourth-order valence-corrected chi connectivity index (χ4v) is 3.98. The Labute approximate surface area is 160 Å².